The topological polar surface area (TPSA) is 15.3 Å². The van der Waals surface area contributed by atoms with Gasteiger partial charge in [0, 0.05) is 19.1 Å². The van der Waals surface area contributed by atoms with E-state index in [9.17, 15) is 0 Å². The first-order chi connectivity index (χ1) is 7.81. The van der Waals surface area contributed by atoms with E-state index >= 15 is 0 Å². The maximum Gasteiger partial charge on any atom is 0.0639 e. The van der Waals surface area contributed by atoms with Crippen LogP contribution in [0, 0.1) is 0 Å². The molecule has 16 heavy (non-hydrogen) atoms. The molecular weight excluding hydrogens is 220 g/mol. The Morgan fingerprint density at radius 2 is 2.25 bits per heavy atom. The molecule has 0 aromatic heterocycles. The average Bonchev–Trinajstić information content (AvgIpc) is 2.75. The summed E-state index contributed by atoms with van der Waals surface area (Å²) in [5.41, 5.74) is 1.17. The van der Waals surface area contributed by atoms with E-state index in [1.54, 1.807) is 0 Å². The minimum atomic E-state index is 0.622. The van der Waals surface area contributed by atoms with Crippen molar-refractivity contribution in [2.24, 2.45) is 0 Å². The maximum atomic E-state index is 6.19. The van der Waals surface area contributed by atoms with Crippen molar-refractivity contribution in [2.45, 2.75) is 25.8 Å². The van der Waals surface area contributed by atoms with E-state index in [2.05, 4.69) is 23.2 Å². The van der Waals surface area contributed by atoms with Crippen LogP contribution in [0.4, 0.5) is 5.69 Å². The fourth-order valence-electron chi connectivity index (χ4n) is 2.20. The molecule has 1 atom stereocenters. The highest BCUT2D eigenvalue weighted by Gasteiger charge is 2.22. The van der Waals surface area contributed by atoms with Gasteiger partial charge in [-0.3, -0.25) is 0 Å². The molecule has 1 unspecified atom stereocenters. The minimum Gasteiger partial charge on any atom is -0.369 e. The number of hydrogen-bond donors (Lipinski definition) is 1. The molecule has 1 N–H and O–H groups in total. The highest BCUT2D eigenvalue weighted by molar-refractivity contribution is 6.33. The lowest BCUT2D eigenvalue weighted by Gasteiger charge is -2.20. The molecule has 1 aliphatic heterocycles. The van der Waals surface area contributed by atoms with Crippen LogP contribution in [0.3, 0.4) is 0 Å². The Bertz CT molecular complexity index is 340. The molecular formula is C13H19ClN2. The molecule has 0 bridgehead atoms. The summed E-state index contributed by atoms with van der Waals surface area (Å²) in [6, 6.07) is 8.72. The van der Waals surface area contributed by atoms with Crippen LogP contribution in [0.25, 0.3) is 0 Å². The lowest BCUT2D eigenvalue weighted by Crippen LogP contribution is -2.32. The predicted octanol–water partition coefficient (Wildman–Crippen LogP) is 2.92. The van der Waals surface area contributed by atoms with Gasteiger partial charge in [0.1, 0.15) is 0 Å². The van der Waals surface area contributed by atoms with E-state index in [-0.39, 0.29) is 0 Å². The van der Waals surface area contributed by atoms with Crippen LogP contribution >= 0.6 is 11.6 Å². The Balaban J connectivity index is 1.96. The predicted molar refractivity (Wildman–Crippen MR) is 70.4 cm³/mol. The van der Waals surface area contributed by atoms with E-state index in [1.807, 2.05) is 18.2 Å². The summed E-state index contributed by atoms with van der Waals surface area (Å²) in [5.74, 6) is 0. The third-order valence-corrected chi connectivity index (χ3v) is 3.38. The van der Waals surface area contributed by atoms with Crippen molar-refractivity contribution in [2.75, 3.05) is 24.5 Å². The molecule has 3 heteroatoms. The largest absolute Gasteiger partial charge is 0.369 e. The monoisotopic (exact) mass is 238 g/mol. The summed E-state index contributed by atoms with van der Waals surface area (Å²) in [6.45, 7) is 5.49. The molecule has 1 saturated heterocycles. The number of halogens is 1. The zero-order chi connectivity index (χ0) is 11.4. The fourth-order valence-corrected chi connectivity index (χ4v) is 2.46. The van der Waals surface area contributed by atoms with Gasteiger partial charge in [0.25, 0.3) is 0 Å². The number of anilines is 1. The quantitative estimate of drug-likeness (QED) is 0.868. The normalized spacial score (nSPS) is 20.4. The summed E-state index contributed by atoms with van der Waals surface area (Å²) >= 11 is 6.19. The lowest BCUT2D eigenvalue weighted by atomic mass is 10.2. The van der Waals surface area contributed by atoms with Crippen LogP contribution in [0.2, 0.25) is 5.02 Å². The van der Waals surface area contributed by atoms with Gasteiger partial charge in [0.2, 0.25) is 0 Å². The van der Waals surface area contributed by atoms with Crippen LogP contribution in [-0.4, -0.2) is 25.7 Å². The molecule has 0 spiro atoms. The third kappa shape index (κ3) is 2.69. The first-order valence-electron chi connectivity index (χ1n) is 6.04. The van der Waals surface area contributed by atoms with Gasteiger partial charge >= 0.3 is 0 Å². The standard InChI is InChI=1S/C13H19ClN2/c1-2-8-15-11-7-9-16(10-11)13-6-4-3-5-12(13)14/h3-6,11,15H,2,7-10H2,1H3. The van der Waals surface area contributed by atoms with Crippen molar-refractivity contribution < 1.29 is 0 Å². The number of nitrogens with zero attached hydrogens (tertiary/aromatic N) is 1. The van der Waals surface area contributed by atoms with Crippen molar-refractivity contribution in [3.8, 4) is 0 Å². The molecule has 1 aromatic carbocycles. The Morgan fingerprint density at radius 3 is 3.00 bits per heavy atom. The molecule has 1 aromatic rings. The number of rotatable bonds is 4. The summed E-state index contributed by atoms with van der Waals surface area (Å²) in [5, 5.41) is 4.43. The molecule has 0 radical (unpaired) electrons. The third-order valence-electron chi connectivity index (χ3n) is 3.06. The molecule has 2 nitrogen and oxygen atoms in total. The Kier molecular flexibility index (Phi) is 4.08. The first kappa shape index (κ1) is 11.7. The molecule has 0 saturated carbocycles. The smallest absolute Gasteiger partial charge is 0.0639 e. The summed E-state index contributed by atoms with van der Waals surface area (Å²) in [6.07, 6.45) is 2.41. The molecule has 1 heterocycles. The highest BCUT2D eigenvalue weighted by atomic mass is 35.5. The van der Waals surface area contributed by atoms with Gasteiger partial charge in [-0.15, -0.1) is 0 Å². The van der Waals surface area contributed by atoms with Crippen molar-refractivity contribution in [3.05, 3.63) is 29.3 Å². The molecule has 0 aliphatic carbocycles. The maximum absolute atomic E-state index is 6.19. The summed E-state index contributed by atoms with van der Waals surface area (Å²) in [4.78, 5) is 2.37. The van der Waals surface area contributed by atoms with E-state index in [0.29, 0.717) is 6.04 Å². The van der Waals surface area contributed by atoms with E-state index in [1.165, 1.54) is 18.5 Å². The molecule has 2 rings (SSSR count). The number of benzene rings is 1. The molecule has 1 aliphatic rings. The number of nitrogens with one attached hydrogen (secondary N) is 1. The van der Waals surface area contributed by atoms with Gasteiger partial charge in [0.15, 0.2) is 0 Å². The van der Waals surface area contributed by atoms with Crippen LogP contribution in [-0.2, 0) is 0 Å². The molecule has 88 valence electrons. The van der Waals surface area contributed by atoms with Crippen LogP contribution in [0.1, 0.15) is 19.8 Å². The highest BCUT2D eigenvalue weighted by Crippen LogP contribution is 2.28. The zero-order valence-electron chi connectivity index (χ0n) is 9.75. The zero-order valence-corrected chi connectivity index (χ0v) is 10.5. The first-order valence-corrected chi connectivity index (χ1v) is 6.42. The Hall–Kier alpha value is -0.730. The number of para-hydroxylation sites is 1. The lowest BCUT2D eigenvalue weighted by molar-refractivity contribution is 0.549. The second-order valence-corrected chi connectivity index (χ2v) is 4.74. The van der Waals surface area contributed by atoms with Crippen LogP contribution in [0.5, 0.6) is 0 Å². The minimum absolute atomic E-state index is 0.622. The van der Waals surface area contributed by atoms with Crippen LogP contribution < -0.4 is 10.2 Å². The van der Waals surface area contributed by atoms with Crippen molar-refractivity contribution in [3.63, 3.8) is 0 Å². The Morgan fingerprint density at radius 1 is 1.44 bits per heavy atom. The van der Waals surface area contributed by atoms with Gasteiger partial charge in [-0.05, 0) is 31.5 Å². The SMILES string of the molecule is CCCNC1CCN(c2ccccc2Cl)C1. The van der Waals surface area contributed by atoms with Crippen molar-refractivity contribution in [1.82, 2.24) is 5.32 Å². The fraction of sp³-hybridized carbons (Fsp3) is 0.538. The van der Waals surface area contributed by atoms with Crippen LogP contribution in [0.15, 0.2) is 24.3 Å². The van der Waals surface area contributed by atoms with E-state index in [0.717, 1.165) is 24.7 Å². The Labute approximate surface area is 103 Å². The van der Waals surface area contributed by atoms with Crippen molar-refractivity contribution in [1.29, 1.82) is 0 Å². The van der Waals surface area contributed by atoms with Gasteiger partial charge in [0.05, 0.1) is 10.7 Å². The van der Waals surface area contributed by atoms with Gasteiger partial charge in [-0.2, -0.15) is 0 Å². The van der Waals surface area contributed by atoms with Gasteiger partial charge < -0.3 is 10.2 Å². The molecule has 0 amide bonds. The average molecular weight is 239 g/mol. The summed E-state index contributed by atoms with van der Waals surface area (Å²) < 4.78 is 0. The number of hydrogen-bond acceptors (Lipinski definition) is 2. The molecule has 1 fully saturated rings. The van der Waals surface area contributed by atoms with E-state index in [4.69, 9.17) is 11.6 Å². The van der Waals surface area contributed by atoms with Gasteiger partial charge in [-0.25, -0.2) is 0 Å². The van der Waals surface area contributed by atoms with Gasteiger partial charge in [-0.1, -0.05) is 30.7 Å². The second kappa shape index (κ2) is 5.55. The second-order valence-electron chi connectivity index (χ2n) is 4.34. The van der Waals surface area contributed by atoms with Crippen molar-refractivity contribution >= 4 is 17.3 Å². The summed E-state index contributed by atoms with van der Waals surface area (Å²) in [7, 11) is 0. The van der Waals surface area contributed by atoms with E-state index < -0.39 is 0 Å².